The second-order valence-corrected chi connectivity index (χ2v) is 4.43. The molecule has 0 amide bonds. The van der Waals surface area contributed by atoms with Crippen LogP contribution < -0.4 is 16.5 Å². The molecule has 116 valence electrons. The van der Waals surface area contributed by atoms with Crippen LogP contribution >= 0.6 is 0 Å². The summed E-state index contributed by atoms with van der Waals surface area (Å²) in [4.78, 5) is 30.7. The minimum atomic E-state index is -0.516. The molecule has 0 bridgehead atoms. The minimum absolute atomic E-state index is 0.241. The molecule has 2 rings (SSSR count). The number of rotatable bonds is 6. The van der Waals surface area contributed by atoms with E-state index in [2.05, 4.69) is 20.8 Å². The molecule has 0 aliphatic heterocycles. The lowest BCUT2D eigenvalue weighted by Gasteiger charge is -2.13. The van der Waals surface area contributed by atoms with E-state index in [0.29, 0.717) is 17.0 Å². The molecule has 0 unspecified atom stereocenters. The van der Waals surface area contributed by atoms with Gasteiger partial charge in [0.15, 0.2) is 0 Å². The third-order valence-electron chi connectivity index (χ3n) is 2.98. The number of benzene rings is 1. The molecule has 2 aromatic rings. The summed E-state index contributed by atoms with van der Waals surface area (Å²) >= 11 is 0. The topological polar surface area (TPSA) is 96.1 Å². The first kappa shape index (κ1) is 15.9. The zero-order valence-corrected chi connectivity index (χ0v) is 12.5. The van der Waals surface area contributed by atoms with Crippen molar-refractivity contribution >= 4 is 5.97 Å². The van der Waals surface area contributed by atoms with E-state index >= 15 is 0 Å². The molecule has 0 radical (unpaired) electrons. The van der Waals surface area contributed by atoms with Gasteiger partial charge in [-0.3, -0.25) is 10.9 Å². The van der Waals surface area contributed by atoms with Crippen molar-refractivity contribution in [3.05, 3.63) is 52.1 Å². The van der Waals surface area contributed by atoms with Crippen LogP contribution in [0.3, 0.4) is 0 Å². The van der Waals surface area contributed by atoms with Crippen molar-refractivity contribution in [1.82, 2.24) is 20.8 Å². The van der Waals surface area contributed by atoms with Crippen molar-refractivity contribution in [2.75, 3.05) is 13.7 Å². The molecule has 7 nitrogen and oxygen atoms in total. The van der Waals surface area contributed by atoms with Crippen LogP contribution in [0.4, 0.5) is 0 Å². The van der Waals surface area contributed by atoms with Gasteiger partial charge in [0.2, 0.25) is 0 Å². The zero-order chi connectivity index (χ0) is 15.9. The molecule has 3 N–H and O–H groups in total. The first-order valence-corrected chi connectivity index (χ1v) is 6.92. The number of ether oxygens (including phenoxy) is 1. The van der Waals surface area contributed by atoms with Gasteiger partial charge in [0.1, 0.15) is 5.56 Å². The molecule has 7 heteroatoms. The van der Waals surface area contributed by atoms with E-state index < -0.39 is 11.7 Å². The number of hydrazine groups is 1. The summed E-state index contributed by atoms with van der Waals surface area (Å²) in [7, 11) is 1.70. The highest BCUT2D eigenvalue weighted by Crippen LogP contribution is 2.22. The Labute approximate surface area is 127 Å². The zero-order valence-electron chi connectivity index (χ0n) is 12.5. The second-order valence-electron chi connectivity index (χ2n) is 4.43. The normalized spacial score (nSPS) is 10.5. The maximum Gasteiger partial charge on any atom is 0.345 e. The van der Waals surface area contributed by atoms with Gasteiger partial charge in [0.25, 0.3) is 0 Å². The molecule has 0 spiro atoms. The van der Waals surface area contributed by atoms with Crippen molar-refractivity contribution in [3.63, 3.8) is 0 Å². The van der Waals surface area contributed by atoms with Gasteiger partial charge >= 0.3 is 11.7 Å². The van der Waals surface area contributed by atoms with Gasteiger partial charge in [-0.25, -0.2) is 9.59 Å². The fraction of sp³-hybridized carbons (Fsp3) is 0.267. The van der Waals surface area contributed by atoms with Crippen LogP contribution in [0.1, 0.15) is 23.0 Å². The van der Waals surface area contributed by atoms with Crippen molar-refractivity contribution in [2.24, 2.45) is 0 Å². The Morgan fingerprint density at radius 1 is 1.32 bits per heavy atom. The maximum atomic E-state index is 12.3. The van der Waals surface area contributed by atoms with E-state index in [9.17, 15) is 9.59 Å². The minimum Gasteiger partial charge on any atom is -0.462 e. The fourth-order valence-electron chi connectivity index (χ4n) is 2.06. The first-order valence-electron chi connectivity index (χ1n) is 6.92. The Morgan fingerprint density at radius 2 is 2.05 bits per heavy atom. The van der Waals surface area contributed by atoms with Crippen LogP contribution in [-0.4, -0.2) is 29.6 Å². The molecule has 1 aromatic heterocycles. The number of hydrogen-bond acceptors (Lipinski definition) is 6. The number of hydrogen-bond donors (Lipinski definition) is 3. The predicted molar refractivity (Wildman–Crippen MR) is 82.1 cm³/mol. The number of carbonyl (C=O) groups is 1. The standard InChI is InChI=1S/C15H18N4O3/c1-3-22-14(20)12-11(9-17-16-2)18-15(21)19-13(12)10-7-5-4-6-8-10/h4-8,16-17H,3,9H2,1-2H3,(H,18,19,21). The van der Waals surface area contributed by atoms with Gasteiger partial charge in [-0.1, -0.05) is 30.3 Å². The van der Waals surface area contributed by atoms with Gasteiger partial charge in [-0.15, -0.1) is 0 Å². The van der Waals surface area contributed by atoms with Gasteiger partial charge in [-0.05, 0) is 14.0 Å². The quantitative estimate of drug-likeness (QED) is 0.540. The Hall–Kier alpha value is -2.51. The number of nitrogens with one attached hydrogen (secondary N) is 3. The largest absolute Gasteiger partial charge is 0.462 e. The molecule has 1 heterocycles. The van der Waals surface area contributed by atoms with Crippen LogP contribution in [0.15, 0.2) is 35.1 Å². The summed E-state index contributed by atoms with van der Waals surface area (Å²) < 4.78 is 5.10. The van der Waals surface area contributed by atoms with Crippen molar-refractivity contribution < 1.29 is 9.53 Å². The molecule has 0 fully saturated rings. The average molecular weight is 302 g/mol. The first-order chi connectivity index (χ1) is 10.7. The summed E-state index contributed by atoms with van der Waals surface area (Å²) in [5.41, 5.74) is 6.77. The highest BCUT2D eigenvalue weighted by Gasteiger charge is 2.21. The lowest BCUT2D eigenvalue weighted by Crippen LogP contribution is -2.31. The predicted octanol–water partition coefficient (Wildman–Crippen LogP) is 0.838. The molecular formula is C15H18N4O3. The molecule has 0 saturated carbocycles. The Morgan fingerprint density at radius 3 is 2.68 bits per heavy atom. The van der Waals surface area contributed by atoms with Crippen LogP contribution in [-0.2, 0) is 11.3 Å². The third kappa shape index (κ3) is 3.57. The lowest BCUT2D eigenvalue weighted by molar-refractivity contribution is 0.0524. The Bertz CT molecular complexity index is 698. The highest BCUT2D eigenvalue weighted by molar-refractivity contribution is 5.97. The molecule has 0 aliphatic carbocycles. The van der Waals surface area contributed by atoms with Crippen molar-refractivity contribution in [2.45, 2.75) is 13.5 Å². The summed E-state index contributed by atoms with van der Waals surface area (Å²) in [5.74, 6) is -0.516. The molecule has 1 aromatic carbocycles. The number of carbonyl (C=O) groups excluding carboxylic acids is 1. The van der Waals surface area contributed by atoms with E-state index in [4.69, 9.17) is 4.74 Å². The van der Waals surface area contributed by atoms with Crippen molar-refractivity contribution in [1.29, 1.82) is 0 Å². The molecule has 22 heavy (non-hydrogen) atoms. The van der Waals surface area contributed by atoms with Gasteiger partial charge in [0, 0.05) is 5.56 Å². The Kier molecular flexibility index (Phi) is 5.40. The van der Waals surface area contributed by atoms with E-state index in [0.717, 1.165) is 0 Å². The van der Waals surface area contributed by atoms with Crippen LogP contribution in [0.2, 0.25) is 0 Å². The van der Waals surface area contributed by atoms with Crippen LogP contribution in [0.5, 0.6) is 0 Å². The number of aromatic amines is 1. The smallest absolute Gasteiger partial charge is 0.345 e. The van der Waals surface area contributed by atoms with Gasteiger partial charge in [0.05, 0.1) is 24.5 Å². The highest BCUT2D eigenvalue weighted by atomic mass is 16.5. The maximum absolute atomic E-state index is 12.3. The number of nitrogens with zero attached hydrogens (tertiary/aromatic N) is 1. The van der Waals surface area contributed by atoms with Crippen molar-refractivity contribution in [3.8, 4) is 11.3 Å². The molecule has 0 aliphatic rings. The monoisotopic (exact) mass is 302 g/mol. The summed E-state index contributed by atoms with van der Waals surface area (Å²) in [5, 5.41) is 0. The SMILES string of the molecule is CCOC(=O)c1c(-c2ccccc2)nc(=O)[nH]c1CNNC. The average Bonchev–Trinajstić information content (AvgIpc) is 2.53. The van der Waals surface area contributed by atoms with Crippen LogP contribution in [0.25, 0.3) is 11.3 Å². The number of H-pyrrole nitrogens is 1. The van der Waals surface area contributed by atoms with E-state index in [1.807, 2.05) is 18.2 Å². The molecule has 0 atom stereocenters. The second kappa shape index (κ2) is 7.48. The molecule has 0 saturated heterocycles. The Balaban J connectivity index is 2.62. The van der Waals surface area contributed by atoms with Gasteiger partial charge < -0.3 is 9.72 Å². The summed E-state index contributed by atoms with van der Waals surface area (Å²) in [6.07, 6.45) is 0. The van der Waals surface area contributed by atoms with E-state index in [1.54, 1.807) is 26.1 Å². The third-order valence-corrected chi connectivity index (χ3v) is 2.98. The van der Waals surface area contributed by atoms with E-state index in [1.165, 1.54) is 0 Å². The lowest BCUT2D eigenvalue weighted by atomic mass is 10.0. The van der Waals surface area contributed by atoms with Crippen LogP contribution in [0, 0.1) is 0 Å². The fourth-order valence-corrected chi connectivity index (χ4v) is 2.06. The number of aromatic nitrogens is 2. The summed E-state index contributed by atoms with van der Waals surface area (Å²) in [6, 6.07) is 9.07. The van der Waals surface area contributed by atoms with Gasteiger partial charge in [-0.2, -0.15) is 4.98 Å². The molecular weight excluding hydrogens is 284 g/mol. The summed E-state index contributed by atoms with van der Waals surface area (Å²) in [6.45, 7) is 2.22. The number of esters is 1. The van der Waals surface area contributed by atoms with E-state index in [-0.39, 0.29) is 18.7 Å².